The van der Waals surface area contributed by atoms with E-state index in [2.05, 4.69) is 15.6 Å². The Hall–Kier alpha value is -1.92. The second-order valence-electron chi connectivity index (χ2n) is 6.32. The summed E-state index contributed by atoms with van der Waals surface area (Å²) in [5.41, 5.74) is 1.06. The van der Waals surface area contributed by atoms with Crippen LogP contribution in [-0.4, -0.2) is 28.8 Å². The van der Waals surface area contributed by atoms with E-state index < -0.39 is 6.10 Å². The first kappa shape index (κ1) is 16.9. The smallest absolute Gasteiger partial charge is 0.315 e. The maximum Gasteiger partial charge on any atom is 0.315 e. The minimum atomic E-state index is -0.598. The molecule has 2 atom stereocenters. The van der Waals surface area contributed by atoms with Crippen LogP contribution in [0, 0.1) is 12.8 Å². The van der Waals surface area contributed by atoms with Crippen molar-refractivity contribution in [2.75, 3.05) is 6.54 Å². The summed E-state index contributed by atoms with van der Waals surface area (Å²) in [7, 11) is 0. The third-order valence-electron chi connectivity index (χ3n) is 4.10. The van der Waals surface area contributed by atoms with Gasteiger partial charge in [0, 0.05) is 24.0 Å². The molecular formula is C18H23N3O2S. The monoisotopic (exact) mass is 345 g/mol. The number of nitrogens with zero attached hydrogens (tertiary/aromatic N) is 1. The first-order valence-electron chi connectivity index (χ1n) is 8.30. The lowest BCUT2D eigenvalue weighted by Gasteiger charge is -2.18. The first-order valence-corrected chi connectivity index (χ1v) is 9.12. The molecule has 1 saturated carbocycles. The molecule has 0 bridgehead atoms. The number of hydrogen-bond acceptors (Lipinski definition) is 4. The zero-order valence-corrected chi connectivity index (χ0v) is 14.6. The molecule has 1 fully saturated rings. The molecule has 5 nitrogen and oxygen atoms in total. The van der Waals surface area contributed by atoms with Gasteiger partial charge in [-0.25, -0.2) is 9.78 Å². The molecule has 1 heterocycles. The average Bonchev–Trinajstić information content (AvgIpc) is 3.33. The number of carbonyl (C=O) groups is 1. The van der Waals surface area contributed by atoms with Gasteiger partial charge in [0.25, 0.3) is 0 Å². The molecule has 1 aliphatic rings. The highest BCUT2D eigenvalue weighted by atomic mass is 32.1. The molecule has 1 aromatic heterocycles. The average molecular weight is 345 g/mol. The van der Waals surface area contributed by atoms with Gasteiger partial charge in [-0.1, -0.05) is 30.3 Å². The van der Waals surface area contributed by atoms with Crippen LogP contribution in [0.5, 0.6) is 0 Å². The molecular weight excluding hydrogens is 322 g/mol. The first-order chi connectivity index (χ1) is 11.6. The van der Waals surface area contributed by atoms with Crippen molar-refractivity contribution in [3.8, 4) is 0 Å². The summed E-state index contributed by atoms with van der Waals surface area (Å²) in [4.78, 5) is 17.7. The van der Waals surface area contributed by atoms with Crippen LogP contribution in [0.3, 0.4) is 0 Å². The highest BCUT2D eigenvalue weighted by Gasteiger charge is 2.35. The van der Waals surface area contributed by atoms with Gasteiger partial charge in [-0.15, -0.1) is 11.3 Å². The maximum absolute atomic E-state index is 12.2. The quantitative estimate of drug-likeness (QED) is 0.722. The summed E-state index contributed by atoms with van der Waals surface area (Å²) in [6, 6.07) is 9.51. The van der Waals surface area contributed by atoms with Crippen molar-refractivity contribution in [3.63, 3.8) is 0 Å². The van der Waals surface area contributed by atoms with Crippen LogP contribution in [0.25, 0.3) is 0 Å². The van der Waals surface area contributed by atoms with Gasteiger partial charge in [-0.2, -0.15) is 0 Å². The van der Waals surface area contributed by atoms with Crippen molar-refractivity contribution in [1.29, 1.82) is 0 Å². The van der Waals surface area contributed by atoms with Crippen molar-refractivity contribution in [2.24, 2.45) is 5.92 Å². The molecule has 0 radical (unpaired) electrons. The fraction of sp³-hybridized carbons (Fsp3) is 0.444. The molecule has 0 saturated heterocycles. The van der Waals surface area contributed by atoms with E-state index in [0.29, 0.717) is 12.3 Å². The van der Waals surface area contributed by atoms with Crippen molar-refractivity contribution >= 4 is 17.4 Å². The summed E-state index contributed by atoms with van der Waals surface area (Å²) in [6.07, 6.45) is 4.03. The number of aryl methyl sites for hydroxylation is 1. The fourth-order valence-corrected chi connectivity index (χ4v) is 3.61. The van der Waals surface area contributed by atoms with E-state index in [9.17, 15) is 9.90 Å². The highest BCUT2D eigenvalue weighted by molar-refractivity contribution is 7.11. The van der Waals surface area contributed by atoms with E-state index in [0.717, 1.165) is 28.3 Å². The number of aliphatic hydroxyl groups excluding tert-OH is 1. The molecule has 3 N–H and O–H groups in total. The van der Waals surface area contributed by atoms with E-state index in [1.54, 1.807) is 11.3 Å². The molecule has 3 rings (SSSR count). The van der Waals surface area contributed by atoms with Gasteiger partial charge in [-0.3, -0.25) is 0 Å². The SMILES string of the molecule is Cc1cnc(C(NC(=O)NCC(O)Cc2ccccc2)C2CC2)s1. The Bertz CT molecular complexity index is 670. The second kappa shape index (κ2) is 7.77. The van der Waals surface area contributed by atoms with Crippen LogP contribution in [0.4, 0.5) is 4.79 Å². The lowest BCUT2D eigenvalue weighted by Crippen LogP contribution is -2.42. The maximum atomic E-state index is 12.2. The van der Waals surface area contributed by atoms with Crippen LogP contribution in [0.1, 0.15) is 34.3 Å². The predicted octanol–water partition coefficient (Wildman–Crippen LogP) is 2.81. The number of carbonyl (C=O) groups excluding carboxylic acids is 1. The van der Waals surface area contributed by atoms with Crippen molar-refractivity contribution < 1.29 is 9.90 Å². The minimum Gasteiger partial charge on any atom is -0.391 e. The predicted molar refractivity (Wildman–Crippen MR) is 95.0 cm³/mol. The van der Waals surface area contributed by atoms with Crippen molar-refractivity contribution in [3.05, 3.63) is 52.0 Å². The molecule has 2 amide bonds. The molecule has 24 heavy (non-hydrogen) atoms. The van der Waals surface area contributed by atoms with Crippen LogP contribution < -0.4 is 10.6 Å². The van der Waals surface area contributed by atoms with Gasteiger partial charge in [0.2, 0.25) is 0 Å². The minimum absolute atomic E-state index is 0.0185. The standard InChI is InChI=1S/C18H23N3O2S/c1-12-10-19-17(24-12)16(14-7-8-14)21-18(23)20-11-15(22)9-13-5-3-2-4-6-13/h2-6,10,14-16,22H,7-9,11H2,1H3,(H2,20,21,23). The molecule has 6 heteroatoms. The van der Waals surface area contributed by atoms with E-state index in [-0.39, 0.29) is 18.6 Å². The Labute approximate surface area is 146 Å². The molecule has 1 aliphatic carbocycles. The van der Waals surface area contributed by atoms with Gasteiger partial charge in [0.05, 0.1) is 12.1 Å². The Morgan fingerprint density at radius 1 is 1.38 bits per heavy atom. The summed E-state index contributed by atoms with van der Waals surface area (Å²) in [5, 5.41) is 16.8. The lowest BCUT2D eigenvalue weighted by atomic mass is 10.1. The highest BCUT2D eigenvalue weighted by Crippen LogP contribution is 2.41. The topological polar surface area (TPSA) is 74.2 Å². The van der Waals surface area contributed by atoms with Crippen LogP contribution in [0.2, 0.25) is 0 Å². The molecule has 2 unspecified atom stereocenters. The van der Waals surface area contributed by atoms with Gasteiger partial charge in [-0.05, 0) is 31.2 Å². The Kier molecular flexibility index (Phi) is 5.48. The number of thiazole rings is 1. The summed E-state index contributed by atoms with van der Waals surface area (Å²) >= 11 is 1.63. The number of rotatable bonds is 7. The Balaban J connectivity index is 1.47. The fourth-order valence-electron chi connectivity index (χ4n) is 2.69. The lowest BCUT2D eigenvalue weighted by molar-refractivity contribution is 0.169. The second-order valence-corrected chi connectivity index (χ2v) is 7.59. The zero-order valence-electron chi connectivity index (χ0n) is 13.7. The molecule has 128 valence electrons. The van der Waals surface area contributed by atoms with Gasteiger partial charge in [0.1, 0.15) is 5.01 Å². The van der Waals surface area contributed by atoms with E-state index >= 15 is 0 Å². The molecule has 0 aliphatic heterocycles. The van der Waals surface area contributed by atoms with Crippen molar-refractivity contribution in [1.82, 2.24) is 15.6 Å². The molecule has 0 spiro atoms. The number of hydrogen-bond donors (Lipinski definition) is 3. The van der Waals surface area contributed by atoms with Crippen LogP contribution in [0.15, 0.2) is 36.5 Å². The van der Waals surface area contributed by atoms with E-state index in [4.69, 9.17) is 0 Å². The van der Waals surface area contributed by atoms with Crippen LogP contribution in [-0.2, 0) is 6.42 Å². The zero-order chi connectivity index (χ0) is 16.9. The molecule has 2 aromatic rings. The van der Waals surface area contributed by atoms with Crippen molar-refractivity contribution in [2.45, 2.75) is 38.3 Å². The van der Waals surface area contributed by atoms with E-state index in [1.165, 1.54) is 0 Å². The third kappa shape index (κ3) is 4.79. The number of urea groups is 1. The Morgan fingerprint density at radius 3 is 2.75 bits per heavy atom. The van der Waals surface area contributed by atoms with Gasteiger partial charge in [0.15, 0.2) is 0 Å². The normalized spacial score (nSPS) is 16.4. The third-order valence-corrected chi connectivity index (χ3v) is 5.09. The summed E-state index contributed by atoms with van der Waals surface area (Å²) < 4.78 is 0. The summed E-state index contributed by atoms with van der Waals surface area (Å²) in [6.45, 7) is 2.25. The number of nitrogens with one attached hydrogen (secondary N) is 2. The largest absolute Gasteiger partial charge is 0.391 e. The summed E-state index contributed by atoms with van der Waals surface area (Å²) in [5.74, 6) is 0.482. The molecule has 1 aromatic carbocycles. The van der Waals surface area contributed by atoms with Gasteiger partial charge >= 0.3 is 6.03 Å². The number of benzene rings is 1. The number of aliphatic hydroxyl groups is 1. The van der Waals surface area contributed by atoms with Crippen LogP contribution >= 0.6 is 11.3 Å². The van der Waals surface area contributed by atoms with Gasteiger partial charge < -0.3 is 15.7 Å². The number of aromatic nitrogens is 1. The number of amides is 2. The Morgan fingerprint density at radius 2 is 2.12 bits per heavy atom. The van der Waals surface area contributed by atoms with E-state index in [1.807, 2.05) is 43.5 Å².